The van der Waals surface area contributed by atoms with Gasteiger partial charge in [0.05, 0.1) is 28.4 Å². The van der Waals surface area contributed by atoms with Crippen LogP contribution in [0.3, 0.4) is 0 Å². The fourth-order valence-electron chi connectivity index (χ4n) is 3.39. The lowest BCUT2D eigenvalue weighted by Crippen LogP contribution is -2.00. The third-order valence-corrected chi connectivity index (χ3v) is 6.08. The molecule has 0 unspecified atom stereocenters. The van der Waals surface area contributed by atoms with Crippen molar-refractivity contribution in [3.63, 3.8) is 0 Å². The SMILES string of the molecule is COc1ccc(-c2ccccc2C=O)cc1OC.COc1ccc(O[B]O)cc1OC.O=Cc1ccccc1Br. The van der Waals surface area contributed by atoms with E-state index in [1.807, 2.05) is 54.6 Å². The summed E-state index contributed by atoms with van der Waals surface area (Å²) in [4.78, 5) is 21.2. The van der Waals surface area contributed by atoms with Crippen molar-refractivity contribution >= 4 is 36.2 Å². The second-order valence-corrected chi connectivity index (χ2v) is 8.51. The van der Waals surface area contributed by atoms with Gasteiger partial charge in [0.25, 0.3) is 0 Å². The molecule has 0 aliphatic rings. The molecule has 0 bridgehead atoms. The van der Waals surface area contributed by atoms with Gasteiger partial charge in [-0.05, 0) is 41.5 Å². The molecule has 0 spiro atoms. The summed E-state index contributed by atoms with van der Waals surface area (Å²) in [7, 11) is 6.88. The van der Waals surface area contributed by atoms with E-state index in [0.29, 0.717) is 47.6 Å². The van der Waals surface area contributed by atoms with Gasteiger partial charge in [-0.3, -0.25) is 9.59 Å². The van der Waals surface area contributed by atoms with Crippen LogP contribution in [0, 0.1) is 0 Å². The molecule has 207 valence electrons. The minimum absolute atomic E-state index is 0.486. The van der Waals surface area contributed by atoms with Gasteiger partial charge in [-0.2, -0.15) is 0 Å². The van der Waals surface area contributed by atoms with Crippen molar-refractivity contribution in [1.29, 1.82) is 0 Å². The zero-order valence-electron chi connectivity index (χ0n) is 22.5. The molecular formula is C30H29BBrO8. The molecular weight excluding hydrogens is 579 g/mol. The summed E-state index contributed by atoms with van der Waals surface area (Å²) in [5.41, 5.74) is 3.16. The Bertz CT molecular complexity index is 1380. The Labute approximate surface area is 242 Å². The molecule has 1 radical (unpaired) electrons. The summed E-state index contributed by atoms with van der Waals surface area (Å²) >= 11 is 3.23. The molecule has 0 heterocycles. The lowest BCUT2D eigenvalue weighted by Gasteiger charge is -2.10. The predicted octanol–water partition coefficient (Wildman–Crippen LogP) is 6.05. The van der Waals surface area contributed by atoms with Crippen LogP contribution in [0.2, 0.25) is 0 Å². The van der Waals surface area contributed by atoms with Crippen LogP contribution in [0.25, 0.3) is 11.1 Å². The van der Waals surface area contributed by atoms with Gasteiger partial charge < -0.3 is 28.6 Å². The molecule has 4 aromatic rings. The lowest BCUT2D eigenvalue weighted by atomic mass is 10.00. The number of ether oxygens (including phenoxy) is 4. The molecule has 0 aromatic heterocycles. The van der Waals surface area contributed by atoms with E-state index in [9.17, 15) is 9.59 Å². The van der Waals surface area contributed by atoms with Crippen molar-refractivity contribution in [2.24, 2.45) is 0 Å². The van der Waals surface area contributed by atoms with Crippen LogP contribution < -0.4 is 23.6 Å². The monoisotopic (exact) mass is 607 g/mol. The minimum Gasteiger partial charge on any atom is -0.537 e. The van der Waals surface area contributed by atoms with E-state index >= 15 is 0 Å². The molecule has 0 aliphatic heterocycles. The van der Waals surface area contributed by atoms with Crippen LogP contribution in [-0.2, 0) is 0 Å². The van der Waals surface area contributed by atoms with Crippen molar-refractivity contribution in [1.82, 2.24) is 0 Å². The highest BCUT2D eigenvalue weighted by molar-refractivity contribution is 9.10. The number of benzene rings is 4. The molecule has 40 heavy (non-hydrogen) atoms. The smallest absolute Gasteiger partial charge is 0.537 e. The number of rotatable bonds is 9. The number of hydrogen-bond acceptors (Lipinski definition) is 8. The van der Waals surface area contributed by atoms with Gasteiger partial charge in [-0.1, -0.05) is 64.5 Å². The first-order valence-electron chi connectivity index (χ1n) is 11.8. The molecule has 4 aromatic carbocycles. The highest BCUT2D eigenvalue weighted by atomic mass is 79.9. The summed E-state index contributed by atoms with van der Waals surface area (Å²) in [5, 5.41) is 8.39. The molecule has 0 aliphatic carbocycles. The van der Waals surface area contributed by atoms with Crippen molar-refractivity contribution < 1.29 is 38.2 Å². The first-order chi connectivity index (χ1) is 19.5. The highest BCUT2D eigenvalue weighted by Gasteiger charge is 2.09. The molecule has 0 saturated carbocycles. The molecule has 0 fully saturated rings. The molecule has 0 saturated heterocycles. The second-order valence-electron chi connectivity index (χ2n) is 7.65. The van der Waals surface area contributed by atoms with E-state index < -0.39 is 0 Å². The Morgan fingerprint density at radius 1 is 0.650 bits per heavy atom. The Kier molecular flexibility index (Phi) is 13.8. The Morgan fingerprint density at radius 3 is 1.70 bits per heavy atom. The Hall–Kier alpha value is -4.28. The van der Waals surface area contributed by atoms with E-state index in [1.165, 1.54) is 7.11 Å². The first kappa shape index (κ1) is 31.9. The fraction of sp³-hybridized carbons (Fsp3) is 0.133. The van der Waals surface area contributed by atoms with Gasteiger partial charge >= 0.3 is 7.69 Å². The average Bonchev–Trinajstić information content (AvgIpc) is 3.01. The lowest BCUT2D eigenvalue weighted by molar-refractivity contribution is 0.111. The third-order valence-electron chi connectivity index (χ3n) is 5.36. The van der Waals surface area contributed by atoms with E-state index in [4.69, 9.17) is 28.6 Å². The van der Waals surface area contributed by atoms with Crippen LogP contribution in [0.15, 0.2) is 89.4 Å². The third kappa shape index (κ3) is 9.18. The van der Waals surface area contributed by atoms with Crippen molar-refractivity contribution in [2.45, 2.75) is 0 Å². The molecule has 8 nitrogen and oxygen atoms in total. The summed E-state index contributed by atoms with van der Waals surface area (Å²) < 4.78 is 26.1. The fourth-order valence-corrected chi connectivity index (χ4v) is 3.77. The van der Waals surface area contributed by atoms with E-state index in [0.717, 1.165) is 28.2 Å². The molecule has 1 N–H and O–H groups in total. The Balaban J connectivity index is 0.000000224. The van der Waals surface area contributed by atoms with Crippen molar-refractivity contribution in [2.75, 3.05) is 28.4 Å². The highest BCUT2D eigenvalue weighted by Crippen LogP contribution is 2.33. The van der Waals surface area contributed by atoms with Crippen molar-refractivity contribution in [3.8, 4) is 39.9 Å². The maximum atomic E-state index is 11.0. The minimum atomic E-state index is 0.486. The summed E-state index contributed by atoms with van der Waals surface area (Å²) in [6.07, 6.45) is 1.68. The normalized spacial score (nSPS) is 9.45. The van der Waals surface area contributed by atoms with Crippen LogP contribution in [0.4, 0.5) is 0 Å². The number of carbonyl (C=O) groups excluding carboxylic acids is 2. The maximum absolute atomic E-state index is 11.0. The van der Waals surface area contributed by atoms with Crippen LogP contribution in [0.1, 0.15) is 20.7 Å². The molecule has 10 heteroatoms. The van der Waals surface area contributed by atoms with E-state index in [1.54, 1.807) is 51.7 Å². The van der Waals surface area contributed by atoms with Gasteiger partial charge in [0.15, 0.2) is 35.6 Å². The van der Waals surface area contributed by atoms with Crippen molar-refractivity contribution in [3.05, 3.63) is 101 Å². The van der Waals surface area contributed by atoms with Gasteiger partial charge in [0.1, 0.15) is 5.75 Å². The van der Waals surface area contributed by atoms with Crippen LogP contribution in [0.5, 0.6) is 28.7 Å². The second kappa shape index (κ2) is 17.3. The summed E-state index contributed by atoms with van der Waals surface area (Å²) in [6.45, 7) is 0. The number of methoxy groups -OCH3 is 4. The molecule has 0 atom stereocenters. The van der Waals surface area contributed by atoms with E-state index in [-0.39, 0.29) is 0 Å². The zero-order valence-corrected chi connectivity index (χ0v) is 24.1. The standard InChI is InChI=1S/C15H14O3.C8H10BO4.C7H5BrO/c1-17-14-8-7-11(9-15(14)18-2)13-6-4-3-5-12(13)10-16;1-11-7-4-3-6(13-9-10)5-8(7)12-2;8-7-4-2-1-3-6(7)5-9/h3-10H,1-2H3;3-5,10H,1-2H3;1-5H. The predicted molar refractivity (Wildman–Crippen MR) is 158 cm³/mol. The molecule has 4 rings (SSSR count). The van der Waals surface area contributed by atoms with Gasteiger partial charge in [0.2, 0.25) is 0 Å². The largest absolute Gasteiger partial charge is 0.569 e. The Morgan fingerprint density at radius 2 is 1.18 bits per heavy atom. The van der Waals surface area contributed by atoms with Gasteiger partial charge in [-0.15, -0.1) is 0 Å². The van der Waals surface area contributed by atoms with Crippen LogP contribution >= 0.6 is 15.9 Å². The van der Waals surface area contributed by atoms with E-state index in [2.05, 4.69) is 15.9 Å². The average molecular weight is 608 g/mol. The maximum Gasteiger partial charge on any atom is 0.569 e. The summed E-state index contributed by atoms with van der Waals surface area (Å²) in [5.74, 6) is 2.98. The van der Waals surface area contributed by atoms with Crippen LogP contribution in [-0.4, -0.2) is 53.7 Å². The number of hydrogen-bond donors (Lipinski definition) is 1. The van der Waals surface area contributed by atoms with Gasteiger partial charge in [0, 0.05) is 21.7 Å². The summed E-state index contributed by atoms with van der Waals surface area (Å²) in [6, 6.07) is 25.3. The topological polar surface area (TPSA) is 101 Å². The molecule has 0 amide bonds. The number of carbonyl (C=O) groups is 2. The zero-order chi connectivity index (χ0) is 29.3. The first-order valence-corrected chi connectivity index (χ1v) is 12.6. The number of halogens is 1. The number of aldehydes is 2. The quantitative estimate of drug-likeness (QED) is 0.181. The van der Waals surface area contributed by atoms with Gasteiger partial charge in [-0.25, -0.2) is 0 Å².